The number of fused-ring (bicyclic) bond motifs is 4. The number of anilines is 2. The van der Waals surface area contributed by atoms with E-state index >= 15 is 0 Å². The maximum Gasteiger partial charge on any atom is 0.229 e. The van der Waals surface area contributed by atoms with Crippen molar-refractivity contribution in [3.05, 3.63) is 132 Å². The van der Waals surface area contributed by atoms with Crippen LogP contribution in [0.25, 0.3) is 21.8 Å². The minimum absolute atomic E-state index is 0.00851. The molecule has 61 heavy (non-hydrogen) atoms. The van der Waals surface area contributed by atoms with Crippen molar-refractivity contribution in [1.82, 2.24) is 18.9 Å². The number of sulfonamides is 2. The van der Waals surface area contributed by atoms with E-state index in [-0.39, 0.29) is 16.7 Å². The number of para-hydroxylation sites is 2. The van der Waals surface area contributed by atoms with Crippen molar-refractivity contribution >= 4 is 59.1 Å². The average Bonchev–Trinajstić information content (AvgIpc) is 3.62. The van der Waals surface area contributed by atoms with Crippen molar-refractivity contribution in [2.24, 2.45) is 37.8 Å². The number of amides is 1. The molecule has 4 unspecified atom stereocenters. The maximum absolute atomic E-state index is 13.0. The van der Waals surface area contributed by atoms with Crippen molar-refractivity contribution < 1.29 is 21.6 Å². The van der Waals surface area contributed by atoms with Gasteiger partial charge in [-0.15, -0.1) is 0 Å². The molecule has 4 fully saturated rings. The Labute approximate surface area is 359 Å². The Morgan fingerprint density at radius 1 is 0.623 bits per heavy atom. The molecule has 13 heteroatoms. The van der Waals surface area contributed by atoms with Crippen LogP contribution in [-0.2, 0) is 62.6 Å². The van der Waals surface area contributed by atoms with Crippen molar-refractivity contribution in [2.45, 2.75) is 37.5 Å². The van der Waals surface area contributed by atoms with E-state index < -0.39 is 20.0 Å². The van der Waals surface area contributed by atoms with E-state index in [2.05, 4.69) is 105 Å². The molecule has 0 spiro atoms. The Morgan fingerprint density at radius 3 is 1.56 bits per heavy atom. The number of benzene rings is 4. The summed E-state index contributed by atoms with van der Waals surface area (Å²) in [4.78, 5) is 17.6. The molecule has 1 amide bonds. The molecule has 2 saturated carbocycles. The van der Waals surface area contributed by atoms with Crippen LogP contribution >= 0.6 is 0 Å². The molecule has 6 aromatic rings. The summed E-state index contributed by atoms with van der Waals surface area (Å²) < 4.78 is 55.7. The summed E-state index contributed by atoms with van der Waals surface area (Å²) in [6.07, 6.45) is 8.18. The highest BCUT2D eigenvalue weighted by atomic mass is 32.2. The predicted octanol–water partition coefficient (Wildman–Crippen LogP) is 6.75. The maximum atomic E-state index is 13.0. The summed E-state index contributed by atoms with van der Waals surface area (Å²) in [5.41, 5.74) is 8.73. The van der Waals surface area contributed by atoms with Gasteiger partial charge in [0, 0.05) is 103 Å². The molecule has 320 valence electrons. The van der Waals surface area contributed by atoms with Crippen LogP contribution in [0.4, 0.5) is 11.4 Å². The lowest BCUT2D eigenvalue weighted by Crippen LogP contribution is -2.35. The average molecular weight is 861 g/mol. The second-order valence-electron chi connectivity index (χ2n) is 18.5. The zero-order valence-electron chi connectivity index (χ0n) is 35.8. The molecule has 4 aromatic carbocycles. The van der Waals surface area contributed by atoms with Gasteiger partial charge in [-0.2, -0.15) is 0 Å². The molecule has 4 heterocycles. The van der Waals surface area contributed by atoms with Crippen LogP contribution in [0.15, 0.2) is 109 Å². The number of hydrogen-bond donors (Lipinski definition) is 2. The molecule has 2 aromatic heterocycles. The van der Waals surface area contributed by atoms with Crippen LogP contribution in [0.3, 0.4) is 0 Å². The minimum Gasteiger partial charge on any atom is -0.350 e. The highest BCUT2D eigenvalue weighted by Gasteiger charge is 2.67. The first-order valence-electron chi connectivity index (χ1n) is 21.1. The van der Waals surface area contributed by atoms with Crippen molar-refractivity contribution in [3.63, 3.8) is 0 Å². The summed E-state index contributed by atoms with van der Waals surface area (Å²) in [6, 6.07) is 32.4. The second kappa shape index (κ2) is 15.1. The second-order valence-corrected chi connectivity index (χ2v) is 21.9. The van der Waals surface area contributed by atoms with Crippen molar-refractivity contribution in [3.8, 4) is 0 Å². The number of aromatic nitrogens is 2. The highest BCUT2D eigenvalue weighted by molar-refractivity contribution is 7.92. The first-order valence-corrected chi connectivity index (χ1v) is 24.9. The van der Waals surface area contributed by atoms with Gasteiger partial charge in [0.2, 0.25) is 26.0 Å². The smallest absolute Gasteiger partial charge is 0.229 e. The van der Waals surface area contributed by atoms with Crippen molar-refractivity contribution in [1.29, 1.82) is 0 Å². The van der Waals surface area contributed by atoms with E-state index in [9.17, 15) is 21.6 Å². The van der Waals surface area contributed by atoms with Crippen LogP contribution in [0.2, 0.25) is 0 Å². The number of carbonyl (C=O) groups is 1. The molecule has 2 aliphatic carbocycles. The Morgan fingerprint density at radius 2 is 1.07 bits per heavy atom. The standard InChI is InChI=1S/C24H27N3O3S.C24H29N3O2S/c1-24(17-7-6-8-18(12-17)25-31(3,29)30)20-14-27(15-21(20)24)23(28)11-16-13-26(2)22-10-5-4-9-19(16)22;1-24(18-7-6-8-19(13-18)25-30(3,28)29)21-15-27(16-22(21)24)12-11-17-14-26(2)23-10-5-4-9-20(17)23/h4-10,12-13,20-21,25H,11,14-15H2,1-3H3;4-10,13-14,21-22,25H,11-12,15-16H2,1-3H3. The van der Waals surface area contributed by atoms with Crippen LogP contribution in [0, 0.1) is 23.7 Å². The normalized spacial score (nSPS) is 25.5. The Bertz CT molecular complexity index is 2880. The van der Waals surface area contributed by atoms with Gasteiger partial charge in [0.15, 0.2) is 0 Å². The Balaban J connectivity index is 0.000000156. The Hall–Kier alpha value is -5.11. The fourth-order valence-corrected chi connectivity index (χ4v) is 12.2. The van der Waals surface area contributed by atoms with Gasteiger partial charge in [0.1, 0.15) is 0 Å². The van der Waals surface area contributed by atoms with E-state index in [4.69, 9.17) is 0 Å². The van der Waals surface area contributed by atoms with Gasteiger partial charge in [0.05, 0.1) is 18.9 Å². The summed E-state index contributed by atoms with van der Waals surface area (Å²) in [7, 11) is -2.43. The third-order valence-electron chi connectivity index (χ3n) is 14.5. The van der Waals surface area contributed by atoms with Gasteiger partial charge >= 0.3 is 0 Å². The highest BCUT2D eigenvalue weighted by Crippen LogP contribution is 2.64. The number of nitrogens with zero attached hydrogens (tertiary/aromatic N) is 4. The molecule has 0 bridgehead atoms. The SMILES string of the molecule is Cn1cc(CC(=O)N2CC3C(C2)C3(C)c2cccc(NS(C)(=O)=O)c2)c2ccccc21.Cn1cc(CCN2CC3C(C2)C3(C)c2cccc(NS(C)(=O)=O)c2)c2ccccc21. The van der Waals surface area contributed by atoms with Crippen LogP contribution in [0.5, 0.6) is 0 Å². The number of rotatable bonds is 11. The molecule has 2 N–H and O–H groups in total. The van der Waals surface area contributed by atoms with Crippen LogP contribution in [-0.4, -0.2) is 86.9 Å². The molecular formula is C48H56N6O5S2. The van der Waals surface area contributed by atoms with Crippen LogP contribution in [0.1, 0.15) is 36.1 Å². The van der Waals surface area contributed by atoms with Gasteiger partial charge in [0.25, 0.3) is 0 Å². The minimum atomic E-state index is -3.31. The molecule has 10 rings (SSSR count). The lowest BCUT2D eigenvalue weighted by molar-refractivity contribution is -0.130. The van der Waals surface area contributed by atoms with Gasteiger partial charge in [-0.1, -0.05) is 74.5 Å². The van der Waals surface area contributed by atoms with Gasteiger partial charge in [-0.25, -0.2) is 16.8 Å². The molecular weight excluding hydrogens is 805 g/mol. The molecule has 4 atom stereocenters. The number of nitrogens with one attached hydrogen (secondary N) is 2. The zero-order valence-corrected chi connectivity index (χ0v) is 37.4. The summed E-state index contributed by atoms with van der Waals surface area (Å²) in [6.45, 7) is 9.42. The molecule has 11 nitrogen and oxygen atoms in total. The fraction of sp³-hybridized carbons (Fsp3) is 0.396. The van der Waals surface area contributed by atoms with Crippen LogP contribution < -0.4 is 9.44 Å². The molecule has 2 aliphatic heterocycles. The molecule has 4 aliphatic rings. The summed E-state index contributed by atoms with van der Waals surface area (Å²) >= 11 is 0. The monoisotopic (exact) mass is 860 g/mol. The number of likely N-dealkylation sites (tertiary alicyclic amines) is 2. The molecule has 0 radical (unpaired) electrons. The van der Waals surface area contributed by atoms with Gasteiger partial charge < -0.3 is 18.9 Å². The van der Waals surface area contributed by atoms with E-state index in [1.54, 1.807) is 6.07 Å². The first kappa shape index (κ1) is 41.3. The number of piperidine rings is 2. The number of hydrogen-bond acceptors (Lipinski definition) is 6. The van der Waals surface area contributed by atoms with E-state index in [1.807, 2.05) is 54.4 Å². The predicted molar refractivity (Wildman–Crippen MR) is 245 cm³/mol. The largest absolute Gasteiger partial charge is 0.350 e. The first-order chi connectivity index (χ1) is 28.9. The summed E-state index contributed by atoms with van der Waals surface area (Å²) in [5, 5.41) is 2.51. The summed E-state index contributed by atoms with van der Waals surface area (Å²) in [5.74, 6) is 2.31. The lowest BCUT2D eigenvalue weighted by atomic mass is 9.92. The number of aryl methyl sites for hydroxylation is 2. The quantitative estimate of drug-likeness (QED) is 0.149. The van der Waals surface area contributed by atoms with E-state index in [1.165, 1.54) is 28.3 Å². The van der Waals surface area contributed by atoms with E-state index in [0.29, 0.717) is 41.5 Å². The van der Waals surface area contributed by atoms with Gasteiger partial charge in [-0.05, 0) is 88.7 Å². The fourth-order valence-electron chi connectivity index (χ4n) is 11.1. The third-order valence-corrected chi connectivity index (χ3v) is 15.7. The number of carbonyl (C=O) groups excluding carboxylic acids is 1. The topological polar surface area (TPSA) is 126 Å². The molecule has 2 saturated heterocycles. The third kappa shape index (κ3) is 7.85. The lowest BCUT2D eigenvalue weighted by Gasteiger charge is -2.25. The van der Waals surface area contributed by atoms with Crippen molar-refractivity contribution in [2.75, 3.05) is 54.7 Å². The Kier molecular flexibility index (Phi) is 10.2. The zero-order chi connectivity index (χ0) is 43.1. The van der Waals surface area contributed by atoms with Gasteiger partial charge in [-0.3, -0.25) is 14.2 Å². The van der Waals surface area contributed by atoms with E-state index in [0.717, 1.165) is 67.4 Å².